The number of rotatable bonds is 5. The highest BCUT2D eigenvalue weighted by atomic mass is 79.9. The molecule has 2 aromatic carbocycles. The minimum Gasteiger partial charge on any atom is -0.495 e. The fourth-order valence-corrected chi connectivity index (χ4v) is 3.32. The minimum atomic E-state index is -2.85. The van der Waals surface area contributed by atoms with Crippen molar-refractivity contribution in [2.75, 3.05) is 12.4 Å². The average molecular weight is 425 g/mol. The van der Waals surface area contributed by atoms with Crippen molar-refractivity contribution in [3.05, 3.63) is 64.0 Å². The van der Waals surface area contributed by atoms with Crippen LogP contribution in [-0.2, 0) is 0 Å². The number of benzene rings is 2. The van der Waals surface area contributed by atoms with Crippen molar-refractivity contribution in [2.45, 2.75) is 19.4 Å². The zero-order valence-electron chi connectivity index (χ0n) is 14.1. The van der Waals surface area contributed by atoms with E-state index in [1.165, 1.54) is 12.1 Å². The van der Waals surface area contributed by atoms with Crippen LogP contribution in [0.4, 0.5) is 18.9 Å². The monoisotopic (exact) mass is 424 g/mol. The first-order chi connectivity index (χ1) is 12.4. The molecule has 0 bridgehead atoms. The second-order valence-corrected chi connectivity index (χ2v) is 6.63. The van der Waals surface area contributed by atoms with E-state index in [0.717, 1.165) is 15.9 Å². The Labute approximate surface area is 157 Å². The first-order valence-corrected chi connectivity index (χ1v) is 8.67. The van der Waals surface area contributed by atoms with Crippen LogP contribution in [0, 0.1) is 5.82 Å². The third-order valence-corrected chi connectivity index (χ3v) is 4.77. The molecule has 0 aliphatic rings. The summed E-state index contributed by atoms with van der Waals surface area (Å²) in [5, 5.41) is 3.99. The van der Waals surface area contributed by atoms with Crippen LogP contribution >= 0.6 is 15.9 Å². The highest BCUT2D eigenvalue weighted by Gasteiger charge is 2.20. The number of nitrogens with zero attached hydrogens (tertiary/aromatic N) is 1. The van der Waals surface area contributed by atoms with Crippen LogP contribution in [-0.4, -0.2) is 12.1 Å². The Morgan fingerprint density at radius 2 is 1.88 bits per heavy atom. The van der Waals surface area contributed by atoms with E-state index in [2.05, 4.69) is 26.2 Å². The summed E-state index contributed by atoms with van der Waals surface area (Å²) in [6, 6.07) is 8.91. The van der Waals surface area contributed by atoms with Crippen molar-refractivity contribution in [1.29, 1.82) is 0 Å². The van der Waals surface area contributed by atoms with E-state index in [4.69, 9.17) is 4.74 Å². The molecule has 0 amide bonds. The van der Waals surface area contributed by atoms with Crippen LogP contribution < -0.4 is 10.1 Å². The van der Waals surface area contributed by atoms with Crippen LogP contribution in [0.25, 0.3) is 10.9 Å². The maximum Gasteiger partial charge on any atom is 0.266 e. The molecule has 26 heavy (non-hydrogen) atoms. The van der Waals surface area contributed by atoms with Gasteiger partial charge < -0.3 is 10.1 Å². The average Bonchev–Trinajstić information content (AvgIpc) is 2.61. The van der Waals surface area contributed by atoms with E-state index < -0.39 is 23.8 Å². The number of anilines is 1. The molecule has 1 atom stereocenters. The first-order valence-electron chi connectivity index (χ1n) is 7.87. The lowest BCUT2D eigenvalue weighted by atomic mass is 10.0. The zero-order chi connectivity index (χ0) is 18.8. The highest BCUT2D eigenvalue weighted by molar-refractivity contribution is 9.10. The Bertz CT molecular complexity index is 949. The lowest BCUT2D eigenvalue weighted by molar-refractivity contribution is 0.146. The molecule has 0 radical (unpaired) electrons. The van der Waals surface area contributed by atoms with Crippen LogP contribution in [0.5, 0.6) is 5.75 Å². The van der Waals surface area contributed by atoms with Crippen molar-refractivity contribution in [3.63, 3.8) is 0 Å². The summed E-state index contributed by atoms with van der Waals surface area (Å²) in [6.45, 7) is 1.72. The number of alkyl halides is 2. The highest BCUT2D eigenvalue weighted by Crippen LogP contribution is 2.35. The summed E-state index contributed by atoms with van der Waals surface area (Å²) in [4.78, 5) is 4.31. The molecule has 0 aliphatic carbocycles. The number of halogens is 4. The predicted octanol–water partition coefficient (Wildman–Crippen LogP) is 6.26. The molecule has 0 fully saturated rings. The quantitative estimate of drug-likeness (QED) is 0.524. The summed E-state index contributed by atoms with van der Waals surface area (Å²) in [5.41, 5.74) is 1.00. The van der Waals surface area contributed by atoms with Gasteiger partial charge in [-0.1, -0.05) is 18.2 Å². The predicted molar refractivity (Wildman–Crippen MR) is 99.4 cm³/mol. The molecule has 1 heterocycles. The van der Waals surface area contributed by atoms with Gasteiger partial charge in [0.05, 0.1) is 28.7 Å². The number of aromatic nitrogens is 1. The second-order valence-electron chi connectivity index (χ2n) is 5.78. The normalized spacial score (nSPS) is 12.4. The van der Waals surface area contributed by atoms with Crippen molar-refractivity contribution in [2.24, 2.45) is 0 Å². The SMILES string of the molecule is COc1cc2nccc(NC(C)c3cccc(C(F)F)c3F)c2cc1Br. The van der Waals surface area contributed by atoms with E-state index in [1.54, 1.807) is 32.4 Å². The maximum absolute atomic E-state index is 14.4. The van der Waals surface area contributed by atoms with Gasteiger partial charge in [0.2, 0.25) is 0 Å². The fourth-order valence-electron chi connectivity index (χ4n) is 2.81. The summed E-state index contributed by atoms with van der Waals surface area (Å²) in [5.74, 6) is -0.241. The summed E-state index contributed by atoms with van der Waals surface area (Å²) in [7, 11) is 1.56. The lowest BCUT2D eigenvalue weighted by Gasteiger charge is -2.19. The zero-order valence-corrected chi connectivity index (χ0v) is 15.6. The second kappa shape index (κ2) is 7.53. The number of fused-ring (bicyclic) bond motifs is 1. The van der Waals surface area contributed by atoms with Gasteiger partial charge >= 0.3 is 0 Å². The number of methoxy groups -OCH3 is 1. The van der Waals surface area contributed by atoms with Gasteiger partial charge in [0.15, 0.2) is 0 Å². The topological polar surface area (TPSA) is 34.1 Å². The number of hydrogen-bond acceptors (Lipinski definition) is 3. The van der Waals surface area contributed by atoms with Gasteiger partial charge in [-0.05, 0) is 35.0 Å². The fraction of sp³-hybridized carbons (Fsp3) is 0.211. The van der Waals surface area contributed by atoms with Crippen LogP contribution in [0.2, 0.25) is 0 Å². The molecular weight excluding hydrogens is 409 g/mol. The molecular formula is C19H16BrF3N2O. The van der Waals surface area contributed by atoms with Gasteiger partial charge in [-0.3, -0.25) is 4.98 Å². The minimum absolute atomic E-state index is 0.181. The van der Waals surface area contributed by atoms with E-state index in [0.29, 0.717) is 17.0 Å². The Balaban J connectivity index is 1.99. The van der Waals surface area contributed by atoms with Gasteiger partial charge in [0.25, 0.3) is 6.43 Å². The molecule has 0 saturated carbocycles. The molecule has 0 spiro atoms. The largest absolute Gasteiger partial charge is 0.495 e. The molecule has 1 N–H and O–H groups in total. The summed E-state index contributed by atoms with van der Waals surface area (Å²) < 4.78 is 46.3. The van der Waals surface area contributed by atoms with E-state index in [1.807, 2.05) is 6.07 Å². The van der Waals surface area contributed by atoms with Gasteiger partial charge in [-0.15, -0.1) is 0 Å². The summed E-state index contributed by atoms with van der Waals surface area (Å²) >= 11 is 3.44. The van der Waals surface area contributed by atoms with Gasteiger partial charge in [0.1, 0.15) is 11.6 Å². The van der Waals surface area contributed by atoms with Gasteiger partial charge in [-0.2, -0.15) is 0 Å². The Morgan fingerprint density at radius 3 is 2.58 bits per heavy atom. The molecule has 1 unspecified atom stereocenters. The smallest absolute Gasteiger partial charge is 0.266 e. The molecule has 0 saturated heterocycles. The molecule has 3 nitrogen and oxygen atoms in total. The molecule has 1 aromatic heterocycles. The van der Waals surface area contributed by atoms with Crippen LogP contribution in [0.15, 0.2) is 47.1 Å². The Kier molecular flexibility index (Phi) is 5.36. The molecule has 136 valence electrons. The van der Waals surface area contributed by atoms with E-state index >= 15 is 0 Å². The summed E-state index contributed by atoms with van der Waals surface area (Å²) in [6.07, 6.45) is -1.23. The third-order valence-electron chi connectivity index (χ3n) is 4.15. The van der Waals surface area contributed by atoms with Crippen molar-refractivity contribution in [1.82, 2.24) is 4.98 Å². The maximum atomic E-state index is 14.4. The van der Waals surface area contributed by atoms with Crippen molar-refractivity contribution >= 4 is 32.5 Å². The number of nitrogens with one attached hydrogen (secondary N) is 1. The molecule has 7 heteroatoms. The number of hydrogen-bond donors (Lipinski definition) is 1. The van der Waals surface area contributed by atoms with Crippen LogP contribution in [0.1, 0.15) is 30.5 Å². The van der Waals surface area contributed by atoms with Crippen molar-refractivity contribution < 1.29 is 17.9 Å². The molecule has 0 aliphatic heterocycles. The Hall–Kier alpha value is -2.28. The number of ether oxygens (including phenoxy) is 1. The van der Waals surface area contributed by atoms with Crippen LogP contribution in [0.3, 0.4) is 0 Å². The molecule has 3 rings (SSSR count). The molecule has 3 aromatic rings. The van der Waals surface area contributed by atoms with E-state index in [-0.39, 0.29) is 5.56 Å². The van der Waals surface area contributed by atoms with Crippen molar-refractivity contribution in [3.8, 4) is 5.75 Å². The third kappa shape index (κ3) is 3.49. The lowest BCUT2D eigenvalue weighted by Crippen LogP contribution is -2.10. The standard InChI is InChI=1S/C19H16BrF3N2O/c1-10(11-4-3-5-12(18(11)21)19(22)23)25-15-6-7-24-16-9-17(26-2)14(20)8-13(15)16/h3-10,19H,1-2H3,(H,24,25). The Morgan fingerprint density at radius 1 is 1.15 bits per heavy atom. The van der Waals surface area contributed by atoms with E-state index in [9.17, 15) is 13.2 Å². The van der Waals surface area contributed by atoms with Gasteiger partial charge in [-0.25, -0.2) is 13.2 Å². The van der Waals surface area contributed by atoms with Gasteiger partial charge in [0, 0.05) is 28.9 Å². The first kappa shape index (κ1) is 18.5. The number of pyridine rings is 1.